The lowest BCUT2D eigenvalue weighted by Crippen LogP contribution is -2.55. The van der Waals surface area contributed by atoms with E-state index in [0.717, 1.165) is 52.2 Å². The molecule has 0 bridgehead atoms. The molecule has 0 aromatic rings. The second-order valence-electron chi connectivity index (χ2n) is 6.75. The van der Waals surface area contributed by atoms with Gasteiger partial charge >= 0.3 is 0 Å². The van der Waals surface area contributed by atoms with E-state index in [-0.39, 0.29) is 49.1 Å². The van der Waals surface area contributed by atoms with Crippen molar-refractivity contribution in [1.82, 2.24) is 15.1 Å². The molecule has 25 heavy (non-hydrogen) atoms. The van der Waals surface area contributed by atoms with Crippen molar-refractivity contribution in [2.75, 3.05) is 45.9 Å². The Labute approximate surface area is 162 Å². The highest BCUT2D eigenvalue weighted by molar-refractivity contribution is 5.87. The van der Waals surface area contributed by atoms with Crippen LogP contribution in [0.5, 0.6) is 0 Å². The van der Waals surface area contributed by atoms with Gasteiger partial charge in [-0.1, -0.05) is 13.8 Å². The number of nitrogens with two attached hydrogens (primary N) is 1. The van der Waals surface area contributed by atoms with Gasteiger partial charge in [0.05, 0.1) is 12.6 Å². The van der Waals surface area contributed by atoms with Crippen LogP contribution in [0.1, 0.15) is 26.7 Å². The minimum Gasteiger partial charge on any atom is -0.381 e. The first-order chi connectivity index (χ1) is 11.0. The molecule has 2 saturated heterocycles. The first kappa shape index (κ1) is 24.4. The third-order valence-electron chi connectivity index (χ3n) is 4.81. The van der Waals surface area contributed by atoms with E-state index in [1.807, 2.05) is 18.7 Å². The van der Waals surface area contributed by atoms with E-state index in [2.05, 4.69) is 10.2 Å². The number of rotatable bonds is 5. The molecule has 2 heterocycles. The molecule has 2 fully saturated rings. The number of halogens is 2. The summed E-state index contributed by atoms with van der Waals surface area (Å²) in [5, 5.41) is 2.65. The summed E-state index contributed by atoms with van der Waals surface area (Å²) in [7, 11) is 0. The van der Waals surface area contributed by atoms with E-state index < -0.39 is 6.04 Å². The van der Waals surface area contributed by atoms with E-state index >= 15 is 0 Å². The Morgan fingerprint density at radius 3 is 2.20 bits per heavy atom. The van der Waals surface area contributed by atoms with Gasteiger partial charge in [-0.25, -0.2) is 0 Å². The van der Waals surface area contributed by atoms with E-state index in [0.29, 0.717) is 6.04 Å². The van der Waals surface area contributed by atoms with Crippen molar-refractivity contribution in [3.63, 3.8) is 0 Å². The summed E-state index contributed by atoms with van der Waals surface area (Å²) in [6, 6.07) is 0.0258. The smallest absolute Gasteiger partial charge is 0.242 e. The highest BCUT2D eigenvalue weighted by Gasteiger charge is 2.27. The first-order valence-corrected chi connectivity index (χ1v) is 8.62. The van der Waals surface area contributed by atoms with Gasteiger partial charge in [0, 0.05) is 45.4 Å². The predicted octanol–water partition coefficient (Wildman–Crippen LogP) is 0.253. The molecule has 0 saturated carbocycles. The van der Waals surface area contributed by atoms with Crippen LogP contribution in [0, 0.1) is 5.92 Å². The van der Waals surface area contributed by atoms with Crippen LogP contribution >= 0.6 is 24.8 Å². The van der Waals surface area contributed by atoms with E-state index in [9.17, 15) is 9.59 Å². The van der Waals surface area contributed by atoms with Crippen LogP contribution in [0.25, 0.3) is 0 Å². The zero-order chi connectivity index (χ0) is 16.8. The second-order valence-corrected chi connectivity index (χ2v) is 6.75. The number of hydrogen-bond acceptors (Lipinski definition) is 5. The largest absolute Gasteiger partial charge is 0.381 e. The SMILES string of the molecule is CC(C)[C@H](N)C(=O)NCC(=O)N1CCN(C2CCOCC2)CC1.Cl.Cl. The Bertz CT molecular complexity index is 412. The van der Waals surface area contributed by atoms with E-state index in [1.165, 1.54) is 0 Å². The van der Waals surface area contributed by atoms with Gasteiger partial charge in [-0.3, -0.25) is 14.5 Å². The van der Waals surface area contributed by atoms with Crippen LogP contribution in [0.4, 0.5) is 0 Å². The summed E-state index contributed by atoms with van der Waals surface area (Å²) < 4.78 is 5.40. The molecule has 2 amide bonds. The third kappa shape index (κ3) is 7.27. The average Bonchev–Trinajstić information content (AvgIpc) is 2.59. The molecular weight excluding hydrogens is 367 g/mol. The molecular formula is C16H32Cl2N4O3. The van der Waals surface area contributed by atoms with E-state index in [1.54, 1.807) is 0 Å². The number of nitrogens with one attached hydrogen (secondary N) is 1. The quantitative estimate of drug-likeness (QED) is 0.692. The van der Waals surface area contributed by atoms with Crippen LogP contribution in [-0.4, -0.2) is 79.6 Å². The molecule has 9 heteroatoms. The van der Waals surface area contributed by atoms with Crippen LogP contribution in [-0.2, 0) is 14.3 Å². The Morgan fingerprint density at radius 1 is 1.12 bits per heavy atom. The zero-order valence-corrected chi connectivity index (χ0v) is 16.7. The Balaban J connectivity index is 0.00000288. The molecule has 0 aromatic heterocycles. The Kier molecular flexibility index (Phi) is 11.6. The topological polar surface area (TPSA) is 87.9 Å². The van der Waals surface area contributed by atoms with Crippen molar-refractivity contribution in [3.05, 3.63) is 0 Å². The lowest BCUT2D eigenvalue weighted by Gasteiger charge is -2.40. The van der Waals surface area contributed by atoms with Crippen molar-refractivity contribution in [3.8, 4) is 0 Å². The normalized spacial score (nSPS) is 20.4. The summed E-state index contributed by atoms with van der Waals surface area (Å²) in [6.45, 7) is 8.74. The van der Waals surface area contributed by atoms with Crippen molar-refractivity contribution in [2.24, 2.45) is 11.7 Å². The minimum atomic E-state index is -0.562. The first-order valence-electron chi connectivity index (χ1n) is 8.62. The van der Waals surface area contributed by atoms with Gasteiger partial charge in [-0.15, -0.1) is 24.8 Å². The van der Waals surface area contributed by atoms with Crippen molar-refractivity contribution in [2.45, 2.75) is 38.8 Å². The predicted molar refractivity (Wildman–Crippen MR) is 102 cm³/mol. The van der Waals surface area contributed by atoms with Crippen molar-refractivity contribution < 1.29 is 14.3 Å². The lowest BCUT2D eigenvalue weighted by molar-refractivity contribution is -0.135. The standard InChI is InChI=1S/C16H30N4O3.2ClH/c1-12(2)15(17)16(22)18-11-14(21)20-7-5-19(6-8-20)13-3-9-23-10-4-13;;/h12-13,15H,3-11,17H2,1-2H3,(H,18,22);2*1H/t15-;;/m0../s1. The maximum atomic E-state index is 12.2. The second kappa shape index (κ2) is 11.9. The van der Waals surface area contributed by atoms with Gasteiger partial charge in [0.2, 0.25) is 11.8 Å². The molecule has 0 aliphatic carbocycles. The molecule has 0 spiro atoms. The van der Waals surface area contributed by atoms with Crippen LogP contribution in [0.2, 0.25) is 0 Å². The van der Waals surface area contributed by atoms with Crippen LogP contribution in [0.3, 0.4) is 0 Å². The molecule has 148 valence electrons. The lowest BCUT2D eigenvalue weighted by atomic mass is 10.1. The summed E-state index contributed by atoms with van der Waals surface area (Å²) in [4.78, 5) is 28.3. The van der Waals surface area contributed by atoms with Crippen LogP contribution in [0.15, 0.2) is 0 Å². The number of hydrogen-bond donors (Lipinski definition) is 2. The fourth-order valence-electron chi connectivity index (χ4n) is 3.08. The Hall–Kier alpha value is -0.600. The molecule has 7 nitrogen and oxygen atoms in total. The number of carbonyl (C=O) groups excluding carboxylic acids is 2. The monoisotopic (exact) mass is 398 g/mol. The fourth-order valence-corrected chi connectivity index (χ4v) is 3.08. The van der Waals surface area contributed by atoms with Gasteiger partial charge in [0.15, 0.2) is 0 Å². The molecule has 2 rings (SSSR count). The summed E-state index contributed by atoms with van der Waals surface area (Å²) in [6.07, 6.45) is 2.16. The van der Waals surface area contributed by atoms with Crippen molar-refractivity contribution >= 4 is 36.6 Å². The number of ether oxygens (including phenoxy) is 1. The molecule has 1 atom stereocenters. The third-order valence-corrected chi connectivity index (χ3v) is 4.81. The molecule has 0 unspecified atom stereocenters. The maximum absolute atomic E-state index is 12.2. The summed E-state index contributed by atoms with van der Waals surface area (Å²) in [5.41, 5.74) is 5.77. The molecule has 2 aliphatic heterocycles. The van der Waals surface area contributed by atoms with Gasteiger partial charge in [0.25, 0.3) is 0 Å². The summed E-state index contributed by atoms with van der Waals surface area (Å²) >= 11 is 0. The van der Waals surface area contributed by atoms with Crippen LogP contribution < -0.4 is 11.1 Å². The van der Waals surface area contributed by atoms with Gasteiger partial charge in [-0.2, -0.15) is 0 Å². The Morgan fingerprint density at radius 2 is 1.68 bits per heavy atom. The number of piperazine rings is 1. The highest BCUT2D eigenvalue weighted by Crippen LogP contribution is 2.16. The minimum absolute atomic E-state index is 0. The number of carbonyl (C=O) groups is 2. The van der Waals surface area contributed by atoms with E-state index in [4.69, 9.17) is 10.5 Å². The molecule has 2 aliphatic rings. The number of amides is 2. The van der Waals surface area contributed by atoms with Gasteiger partial charge in [-0.05, 0) is 18.8 Å². The zero-order valence-electron chi connectivity index (χ0n) is 15.1. The number of nitrogens with zero attached hydrogens (tertiary/aromatic N) is 2. The summed E-state index contributed by atoms with van der Waals surface area (Å²) in [5.74, 6) is -0.219. The molecule has 0 radical (unpaired) electrons. The molecule has 0 aromatic carbocycles. The van der Waals surface area contributed by atoms with Crippen molar-refractivity contribution in [1.29, 1.82) is 0 Å². The fraction of sp³-hybridized carbons (Fsp3) is 0.875. The average molecular weight is 399 g/mol. The van der Waals surface area contributed by atoms with Gasteiger partial charge < -0.3 is 20.7 Å². The van der Waals surface area contributed by atoms with Gasteiger partial charge in [0.1, 0.15) is 0 Å². The maximum Gasteiger partial charge on any atom is 0.242 e. The highest BCUT2D eigenvalue weighted by atomic mass is 35.5. The molecule has 3 N–H and O–H groups in total.